The molecule has 1 aliphatic rings. The zero-order valence-electron chi connectivity index (χ0n) is 8.18. The van der Waals surface area contributed by atoms with E-state index in [0.717, 1.165) is 18.9 Å². The van der Waals surface area contributed by atoms with Gasteiger partial charge in [0, 0.05) is 7.05 Å². The molecule has 0 aliphatic heterocycles. The summed E-state index contributed by atoms with van der Waals surface area (Å²) >= 11 is 0. The van der Waals surface area contributed by atoms with E-state index in [1.165, 1.54) is 12.8 Å². The summed E-state index contributed by atoms with van der Waals surface area (Å²) in [6.45, 7) is 1.40. The van der Waals surface area contributed by atoms with Gasteiger partial charge in [0.05, 0.1) is 6.54 Å². The molecule has 1 aliphatic carbocycles. The average Bonchev–Trinajstić information content (AvgIpc) is 2.19. The fourth-order valence-electron chi connectivity index (χ4n) is 1.52. The minimum Gasteiger partial charge on any atom is -0.358 e. The van der Waals surface area contributed by atoms with Crippen LogP contribution >= 0.6 is 0 Å². The van der Waals surface area contributed by atoms with Gasteiger partial charge in [0.1, 0.15) is 0 Å². The Hall–Kier alpha value is -0.830. The molecule has 0 heterocycles. The van der Waals surface area contributed by atoms with Crippen molar-refractivity contribution in [3.8, 4) is 0 Å². The van der Waals surface area contributed by atoms with Crippen LogP contribution in [0.2, 0.25) is 0 Å². The van der Waals surface area contributed by atoms with E-state index in [1.807, 2.05) is 0 Å². The number of likely N-dealkylation sites (N-methyl/N-ethyl adjacent to an activating group) is 1. The molecule has 74 valence electrons. The Morgan fingerprint density at radius 3 is 3.00 bits per heavy atom. The zero-order valence-corrected chi connectivity index (χ0v) is 8.18. The van der Waals surface area contributed by atoms with E-state index in [-0.39, 0.29) is 5.91 Å². The van der Waals surface area contributed by atoms with E-state index in [1.54, 1.807) is 7.05 Å². The molecule has 0 aromatic carbocycles. The van der Waals surface area contributed by atoms with Crippen molar-refractivity contribution in [3.63, 3.8) is 0 Å². The van der Waals surface area contributed by atoms with Gasteiger partial charge in [-0.3, -0.25) is 4.79 Å². The maximum absolute atomic E-state index is 10.9. The van der Waals surface area contributed by atoms with Gasteiger partial charge >= 0.3 is 0 Å². The van der Waals surface area contributed by atoms with Crippen LogP contribution in [0, 0.1) is 5.92 Å². The highest BCUT2D eigenvalue weighted by Crippen LogP contribution is 2.16. The minimum absolute atomic E-state index is 0.0614. The lowest BCUT2D eigenvalue weighted by molar-refractivity contribution is -0.119. The van der Waals surface area contributed by atoms with Crippen molar-refractivity contribution in [2.45, 2.75) is 19.3 Å². The lowest BCUT2D eigenvalue weighted by Gasteiger charge is -2.17. The van der Waals surface area contributed by atoms with Crippen molar-refractivity contribution in [1.29, 1.82) is 0 Å². The minimum atomic E-state index is 0.0614. The van der Waals surface area contributed by atoms with Crippen LogP contribution in [0.25, 0.3) is 0 Å². The molecule has 0 aromatic heterocycles. The fourth-order valence-corrected chi connectivity index (χ4v) is 1.52. The van der Waals surface area contributed by atoms with Gasteiger partial charge in [-0.1, -0.05) is 12.2 Å². The number of nitrogens with one attached hydrogen (secondary N) is 2. The fraction of sp³-hybridized carbons (Fsp3) is 0.700. The number of hydrogen-bond donors (Lipinski definition) is 2. The molecule has 1 rings (SSSR count). The van der Waals surface area contributed by atoms with E-state index in [4.69, 9.17) is 0 Å². The molecule has 13 heavy (non-hydrogen) atoms. The molecule has 0 saturated carbocycles. The number of carbonyl (C=O) groups excluding carboxylic acids is 1. The molecular formula is C10H18N2O. The molecule has 0 spiro atoms. The molecule has 1 atom stereocenters. The van der Waals surface area contributed by atoms with E-state index >= 15 is 0 Å². The van der Waals surface area contributed by atoms with Gasteiger partial charge < -0.3 is 10.6 Å². The molecule has 1 unspecified atom stereocenters. The molecule has 0 aromatic rings. The predicted molar refractivity (Wildman–Crippen MR) is 53.4 cm³/mol. The zero-order chi connectivity index (χ0) is 9.52. The summed E-state index contributed by atoms with van der Waals surface area (Å²) in [5.41, 5.74) is 0. The number of carbonyl (C=O) groups is 1. The second-order valence-corrected chi connectivity index (χ2v) is 3.45. The van der Waals surface area contributed by atoms with Crippen LogP contribution in [0.15, 0.2) is 12.2 Å². The van der Waals surface area contributed by atoms with Crippen LogP contribution in [-0.2, 0) is 4.79 Å². The summed E-state index contributed by atoms with van der Waals surface area (Å²) in [5.74, 6) is 0.779. The van der Waals surface area contributed by atoms with Crippen molar-refractivity contribution in [1.82, 2.24) is 10.6 Å². The molecule has 0 bridgehead atoms. The summed E-state index contributed by atoms with van der Waals surface area (Å²) in [4.78, 5) is 10.9. The molecule has 0 saturated heterocycles. The van der Waals surface area contributed by atoms with Crippen LogP contribution in [0.1, 0.15) is 19.3 Å². The number of hydrogen-bond acceptors (Lipinski definition) is 2. The van der Waals surface area contributed by atoms with Crippen molar-refractivity contribution in [2.75, 3.05) is 20.1 Å². The van der Waals surface area contributed by atoms with E-state index in [9.17, 15) is 4.79 Å². The summed E-state index contributed by atoms with van der Waals surface area (Å²) in [6.07, 6.45) is 8.05. The topological polar surface area (TPSA) is 41.1 Å². The molecular weight excluding hydrogens is 164 g/mol. The lowest BCUT2D eigenvalue weighted by atomic mass is 9.94. The third kappa shape index (κ3) is 4.08. The summed E-state index contributed by atoms with van der Waals surface area (Å²) < 4.78 is 0. The first-order valence-corrected chi connectivity index (χ1v) is 4.89. The molecule has 2 N–H and O–H groups in total. The van der Waals surface area contributed by atoms with Gasteiger partial charge in [0.25, 0.3) is 0 Å². The monoisotopic (exact) mass is 182 g/mol. The van der Waals surface area contributed by atoms with E-state index < -0.39 is 0 Å². The highest BCUT2D eigenvalue weighted by molar-refractivity contribution is 5.77. The van der Waals surface area contributed by atoms with Crippen molar-refractivity contribution in [3.05, 3.63) is 12.2 Å². The first-order chi connectivity index (χ1) is 6.33. The van der Waals surface area contributed by atoms with Crippen LogP contribution < -0.4 is 10.6 Å². The van der Waals surface area contributed by atoms with E-state index in [2.05, 4.69) is 22.8 Å². The Labute approximate surface area is 79.6 Å². The van der Waals surface area contributed by atoms with Gasteiger partial charge in [-0.05, 0) is 31.7 Å². The van der Waals surface area contributed by atoms with Gasteiger partial charge in [0.2, 0.25) is 5.91 Å². The maximum Gasteiger partial charge on any atom is 0.233 e. The van der Waals surface area contributed by atoms with Gasteiger partial charge in [0.15, 0.2) is 0 Å². The van der Waals surface area contributed by atoms with E-state index in [0.29, 0.717) is 6.54 Å². The van der Waals surface area contributed by atoms with Gasteiger partial charge in [-0.25, -0.2) is 0 Å². The Morgan fingerprint density at radius 2 is 2.38 bits per heavy atom. The molecule has 1 amide bonds. The van der Waals surface area contributed by atoms with Crippen LogP contribution in [0.5, 0.6) is 0 Å². The normalized spacial score (nSPS) is 21.5. The SMILES string of the molecule is CNC(=O)CNCC1CC=CCC1. The number of allylic oxidation sites excluding steroid dienone is 2. The second-order valence-electron chi connectivity index (χ2n) is 3.45. The standard InChI is InChI=1S/C10H18N2O/c1-11-10(13)8-12-7-9-5-3-2-4-6-9/h2-3,9,12H,4-8H2,1H3,(H,11,13). The second kappa shape index (κ2) is 5.75. The Bertz CT molecular complexity index is 189. The predicted octanol–water partition coefficient (Wildman–Crippen LogP) is 0.678. The molecule has 3 nitrogen and oxygen atoms in total. The molecule has 0 fully saturated rings. The highest BCUT2D eigenvalue weighted by Gasteiger charge is 2.09. The van der Waals surface area contributed by atoms with Crippen LogP contribution in [0.3, 0.4) is 0 Å². The van der Waals surface area contributed by atoms with Gasteiger partial charge in [-0.15, -0.1) is 0 Å². The Morgan fingerprint density at radius 1 is 1.54 bits per heavy atom. The summed E-state index contributed by atoms with van der Waals surface area (Å²) in [5, 5.41) is 5.75. The largest absolute Gasteiger partial charge is 0.358 e. The number of rotatable bonds is 4. The van der Waals surface area contributed by atoms with Crippen molar-refractivity contribution in [2.24, 2.45) is 5.92 Å². The summed E-state index contributed by atoms with van der Waals surface area (Å²) in [6, 6.07) is 0. The van der Waals surface area contributed by atoms with Crippen LogP contribution in [0.4, 0.5) is 0 Å². The Kier molecular flexibility index (Phi) is 4.54. The van der Waals surface area contributed by atoms with Crippen LogP contribution in [-0.4, -0.2) is 26.0 Å². The third-order valence-electron chi connectivity index (χ3n) is 2.38. The van der Waals surface area contributed by atoms with Crippen molar-refractivity contribution < 1.29 is 4.79 Å². The first-order valence-electron chi connectivity index (χ1n) is 4.89. The third-order valence-corrected chi connectivity index (χ3v) is 2.38. The van der Waals surface area contributed by atoms with Gasteiger partial charge in [-0.2, -0.15) is 0 Å². The quantitative estimate of drug-likeness (QED) is 0.628. The lowest BCUT2D eigenvalue weighted by Crippen LogP contribution is -2.34. The van der Waals surface area contributed by atoms with Crippen molar-refractivity contribution >= 4 is 5.91 Å². The average molecular weight is 182 g/mol. The molecule has 3 heteroatoms. The smallest absolute Gasteiger partial charge is 0.233 e. The highest BCUT2D eigenvalue weighted by atomic mass is 16.1. The maximum atomic E-state index is 10.9. The first kappa shape index (κ1) is 10.3. The summed E-state index contributed by atoms with van der Waals surface area (Å²) in [7, 11) is 1.66. The number of amides is 1. The molecule has 0 radical (unpaired) electrons. The Balaban J connectivity index is 2.05.